The predicted octanol–water partition coefficient (Wildman–Crippen LogP) is -0.153. The van der Waals surface area contributed by atoms with Gasteiger partial charge in [-0.25, -0.2) is 0 Å². The molecule has 0 aromatic heterocycles. The third kappa shape index (κ3) is 4.47. The Labute approximate surface area is 96.9 Å². The number of carbonyl (C=O) groups excluding carboxylic acids is 1. The minimum absolute atomic E-state index is 0.0641. The Morgan fingerprint density at radius 2 is 2.31 bits per heavy atom. The third-order valence-corrected chi connectivity index (χ3v) is 2.86. The number of nitrogens with zero attached hydrogens (tertiary/aromatic N) is 1. The first-order valence-electron chi connectivity index (χ1n) is 5.82. The fraction of sp³-hybridized carbons (Fsp3) is 0.909. The molecule has 1 atom stereocenters. The summed E-state index contributed by atoms with van der Waals surface area (Å²) in [6.45, 7) is 3.43. The first-order chi connectivity index (χ1) is 7.77. The lowest BCUT2D eigenvalue weighted by molar-refractivity contribution is -0.138. The molecule has 0 spiro atoms. The standard InChI is InChI=1S/C11H22N2O3/c1-15-5-6-16-9-11(14)13-4-2-3-10(7-12)8-13/h10H,2-9,12H2,1H3. The van der Waals surface area contributed by atoms with Gasteiger partial charge in [0, 0.05) is 20.2 Å². The van der Waals surface area contributed by atoms with Crippen molar-refractivity contribution in [1.82, 2.24) is 4.90 Å². The normalized spacial score (nSPS) is 21.1. The predicted molar refractivity (Wildman–Crippen MR) is 61.1 cm³/mol. The topological polar surface area (TPSA) is 64.8 Å². The molecule has 0 saturated carbocycles. The van der Waals surface area contributed by atoms with Gasteiger partial charge in [-0.2, -0.15) is 0 Å². The Balaban J connectivity index is 2.19. The van der Waals surface area contributed by atoms with Crippen LogP contribution >= 0.6 is 0 Å². The van der Waals surface area contributed by atoms with E-state index in [1.54, 1.807) is 7.11 Å². The van der Waals surface area contributed by atoms with Gasteiger partial charge in [-0.05, 0) is 25.3 Å². The van der Waals surface area contributed by atoms with E-state index in [0.717, 1.165) is 25.9 Å². The van der Waals surface area contributed by atoms with Crippen molar-refractivity contribution in [2.24, 2.45) is 11.7 Å². The van der Waals surface area contributed by atoms with Crippen molar-refractivity contribution >= 4 is 5.91 Å². The summed E-state index contributed by atoms with van der Waals surface area (Å²) >= 11 is 0. The van der Waals surface area contributed by atoms with Crippen molar-refractivity contribution in [3.63, 3.8) is 0 Å². The van der Waals surface area contributed by atoms with Crippen LogP contribution in [-0.4, -0.2) is 57.4 Å². The Hall–Kier alpha value is -0.650. The second-order valence-electron chi connectivity index (χ2n) is 4.13. The van der Waals surface area contributed by atoms with Gasteiger partial charge in [0.05, 0.1) is 13.2 Å². The number of hydrogen-bond donors (Lipinski definition) is 1. The van der Waals surface area contributed by atoms with E-state index in [1.807, 2.05) is 4.90 Å². The number of carbonyl (C=O) groups is 1. The van der Waals surface area contributed by atoms with Gasteiger partial charge in [-0.15, -0.1) is 0 Å². The highest BCUT2D eigenvalue weighted by molar-refractivity contribution is 5.77. The lowest BCUT2D eigenvalue weighted by Crippen LogP contribution is -2.43. The minimum Gasteiger partial charge on any atom is -0.382 e. The van der Waals surface area contributed by atoms with Crippen LogP contribution in [0.1, 0.15) is 12.8 Å². The number of hydrogen-bond acceptors (Lipinski definition) is 4. The molecule has 0 radical (unpaired) electrons. The summed E-state index contributed by atoms with van der Waals surface area (Å²) in [4.78, 5) is 13.6. The number of methoxy groups -OCH3 is 1. The summed E-state index contributed by atoms with van der Waals surface area (Å²) in [6, 6.07) is 0. The van der Waals surface area contributed by atoms with Gasteiger partial charge in [-0.1, -0.05) is 0 Å². The van der Waals surface area contributed by atoms with Crippen LogP contribution in [0.2, 0.25) is 0 Å². The van der Waals surface area contributed by atoms with Gasteiger partial charge in [0.25, 0.3) is 0 Å². The summed E-state index contributed by atoms with van der Waals surface area (Å²) < 4.78 is 10.0. The van der Waals surface area contributed by atoms with E-state index in [2.05, 4.69) is 0 Å². The zero-order valence-electron chi connectivity index (χ0n) is 9.98. The molecule has 1 unspecified atom stereocenters. The van der Waals surface area contributed by atoms with E-state index in [9.17, 15) is 4.79 Å². The van der Waals surface area contributed by atoms with E-state index in [1.165, 1.54) is 0 Å². The summed E-state index contributed by atoms with van der Waals surface area (Å²) in [5, 5.41) is 0. The van der Waals surface area contributed by atoms with Crippen LogP contribution in [-0.2, 0) is 14.3 Å². The quantitative estimate of drug-likeness (QED) is 0.644. The Morgan fingerprint density at radius 3 is 3.00 bits per heavy atom. The number of rotatable bonds is 6. The SMILES string of the molecule is COCCOCC(=O)N1CCCC(CN)C1. The first kappa shape index (κ1) is 13.4. The molecule has 1 heterocycles. The number of ether oxygens (including phenoxy) is 2. The second kappa shape index (κ2) is 7.60. The number of likely N-dealkylation sites (tertiary alicyclic amines) is 1. The molecule has 5 heteroatoms. The average Bonchev–Trinajstić information content (AvgIpc) is 2.34. The molecular formula is C11H22N2O3. The molecule has 1 fully saturated rings. The summed E-state index contributed by atoms with van der Waals surface area (Å²) in [6.07, 6.45) is 2.18. The molecule has 1 amide bonds. The van der Waals surface area contributed by atoms with Crippen LogP contribution in [0.4, 0.5) is 0 Å². The fourth-order valence-corrected chi connectivity index (χ4v) is 1.88. The van der Waals surface area contributed by atoms with Gasteiger partial charge < -0.3 is 20.1 Å². The van der Waals surface area contributed by atoms with Gasteiger partial charge >= 0.3 is 0 Å². The Kier molecular flexibility index (Phi) is 6.37. The van der Waals surface area contributed by atoms with Crippen LogP contribution in [0.3, 0.4) is 0 Å². The van der Waals surface area contributed by atoms with Crippen LogP contribution < -0.4 is 5.73 Å². The number of piperidine rings is 1. The van der Waals surface area contributed by atoms with Gasteiger partial charge in [-0.3, -0.25) is 4.79 Å². The Bertz CT molecular complexity index is 211. The second-order valence-corrected chi connectivity index (χ2v) is 4.13. The molecule has 1 rings (SSSR count). The molecule has 5 nitrogen and oxygen atoms in total. The highest BCUT2D eigenvalue weighted by atomic mass is 16.5. The largest absolute Gasteiger partial charge is 0.382 e. The number of amides is 1. The number of nitrogens with two attached hydrogens (primary N) is 1. The molecule has 0 bridgehead atoms. The average molecular weight is 230 g/mol. The van der Waals surface area contributed by atoms with Gasteiger partial charge in [0.2, 0.25) is 5.91 Å². The molecule has 0 aromatic carbocycles. The molecule has 0 aromatic rings. The van der Waals surface area contributed by atoms with Gasteiger partial charge in [0.1, 0.15) is 6.61 Å². The van der Waals surface area contributed by atoms with Crippen molar-refractivity contribution in [2.45, 2.75) is 12.8 Å². The van der Waals surface area contributed by atoms with Crippen LogP contribution in [0.15, 0.2) is 0 Å². The summed E-state index contributed by atoms with van der Waals surface area (Å²) in [7, 11) is 1.61. The first-order valence-corrected chi connectivity index (χ1v) is 5.82. The molecule has 1 aliphatic heterocycles. The molecule has 1 aliphatic rings. The molecule has 0 aliphatic carbocycles. The van der Waals surface area contributed by atoms with Crippen molar-refractivity contribution in [2.75, 3.05) is 46.6 Å². The zero-order valence-corrected chi connectivity index (χ0v) is 9.98. The van der Waals surface area contributed by atoms with Crippen LogP contribution in [0.25, 0.3) is 0 Å². The van der Waals surface area contributed by atoms with Crippen LogP contribution in [0, 0.1) is 5.92 Å². The molecule has 16 heavy (non-hydrogen) atoms. The molecule has 1 saturated heterocycles. The van der Waals surface area contributed by atoms with E-state index >= 15 is 0 Å². The maximum absolute atomic E-state index is 11.7. The maximum atomic E-state index is 11.7. The fourth-order valence-electron chi connectivity index (χ4n) is 1.88. The van der Waals surface area contributed by atoms with Gasteiger partial charge in [0.15, 0.2) is 0 Å². The van der Waals surface area contributed by atoms with E-state index < -0.39 is 0 Å². The molecule has 94 valence electrons. The zero-order chi connectivity index (χ0) is 11.8. The third-order valence-electron chi connectivity index (χ3n) is 2.86. The summed E-state index contributed by atoms with van der Waals surface area (Å²) in [5.74, 6) is 0.519. The van der Waals surface area contributed by atoms with Crippen molar-refractivity contribution in [3.8, 4) is 0 Å². The minimum atomic E-state index is 0.0641. The van der Waals surface area contributed by atoms with E-state index in [-0.39, 0.29) is 12.5 Å². The Morgan fingerprint density at radius 1 is 1.50 bits per heavy atom. The molecular weight excluding hydrogens is 208 g/mol. The summed E-state index contributed by atoms with van der Waals surface area (Å²) in [5.41, 5.74) is 5.62. The molecule has 2 N–H and O–H groups in total. The van der Waals surface area contributed by atoms with Crippen molar-refractivity contribution in [3.05, 3.63) is 0 Å². The highest BCUT2D eigenvalue weighted by Crippen LogP contribution is 2.15. The van der Waals surface area contributed by atoms with Crippen molar-refractivity contribution in [1.29, 1.82) is 0 Å². The van der Waals surface area contributed by atoms with E-state index in [0.29, 0.717) is 25.7 Å². The lowest BCUT2D eigenvalue weighted by atomic mass is 9.98. The highest BCUT2D eigenvalue weighted by Gasteiger charge is 2.22. The maximum Gasteiger partial charge on any atom is 0.248 e. The van der Waals surface area contributed by atoms with Crippen LogP contribution in [0.5, 0.6) is 0 Å². The lowest BCUT2D eigenvalue weighted by Gasteiger charge is -2.32. The smallest absolute Gasteiger partial charge is 0.248 e. The van der Waals surface area contributed by atoms with Crippen molar-refractivity contribution < 1.29 is 14.3 Å². The monoisotopic (exact) mass is 230 g/mol. The van der Waals surface area contributed by atoms with E-state index in [4.69, 9.17) is 15.2 Å².